The molecule has 0 aromatic heterocycles. The van der Waals surface area contributed by atoms with E-state index in [0.717, 1.165) is 52.2 Å². The van der Waals surface area contributed by atoms with E-state index in [2.05, 4.69) is 51.6 Å². The fourth-order valence-electron chi connectivity index (χ4n) is 2.36. The van der Waals surface area contributed by atoms with Crippen LogP contribution in [-0.2, 0) is 6.42 Å². The predicted octanol–water partition coefficient (Wildman–Crippen LogP) is -0.0303. The molecule has 0 aliphatic carbocycles. The van der Waals surface area contributed by atoms with Crippen LogP contribution in [0, 0.1) is 0 Å². The monoisotopic (exact) mass is 262 g/mol. The minimum atomic E-state index is 0.503. The molecule has 1 atom stereocenters. The summed E-state index contributed by atoms with van der Waals surface area (Å²) in [5, 5.41) is 14.0. The highest BCUT2D eigenvalue weighted by Gasteiger charge is 2.08. The molecule has 1 aromatic rings. The van der Waals surface area contributed by atoms with Crippen molar-refractivity contribution in [2.24, 2.45) is 0 Å². The number of benzene rings is 1. The van der Waals surface area contributed by atoms with Crippen molar-refractivity contribution in [2.45, 2.75) is 12.5 Å². The summed E-state index contributed by atoms with van der Waals surface area (Å²) in [6, 6.07) is 11.2. The Hall–Kier alpha value is -0.940. The Morgan fingerprint density at radius 3 is 2.16 bits per heavy atom. The Morgan fingerprint density at radius 1 is 0.789 bits per heavy atom. The summed E-state index contributed by atoms with van der Waals surface area (Å²) in [5.41, 5.74) is 1.40. The van der Waals surface area contributed by atoms with Crippen LogP contribution in [0.5, 0.6) is 0 Å². The smallest absolute Gasteiger partial charge is 0.0233 e. The molecule has 4 N–H and O–H groups in total. The maximum Gasteiger partial charge on any atom is 0.0233 e. The van der Waals surface area contributed by atoms with Crippen molar-refractivity contribution in [2.75, 3.05) is 45.8 Å². The third-order valence-corrected chi connectivity index (χ3v) is 3.41. The predicted molar refractivity (Wildman–Crippen MR) is 80.5 cm³/mol. The first kappa shape index (κ1) is 14.5. The minimum absolute atomic E-state index is 0.503. The third kappa shape index (κ3) is 6.16. The van der Waals surface area contributed by atoms with Gasteiger partial charge in [0, 0.05) is 51.9 Å². The van der Waals surface area contributed by atoms with E-state index >= 15 is 0 Å². The third-order valence-electron chi connectivity index (χ3n) is 3.41. The molecule has 0 saturated carbocycles. The fourth-order valence-corrected chi connectivity index (χ4v) is 2.36. The van der Waals surface area contributed by atoms with Gasteiger partial charge < -0.3 is 21.3 Å². The van der Waals surface area contributed by atoms with Crippen molar-refractivity contribution < 1.29 is 0 Å². The van der Waals surface area contributed by atoms with Crippen LogP contribution < -0.4 is 21.3 Å². The summed E-state index contributed by atoms with van der Waals surface area (Å²) in [4.78, 5) is 0. The van der Waals surface area contributed by atoms with E-state index in [4.69, 9.17) is 0 Å². The van der Waals surface area contributed by atoms with Crippen LogP contribution in [0.1, 0.15) is 5.56 Å². The quantitative estimate of drug-likeness (QED) is 0.605. The zero-order valence-corrected chi connectivity index (χ0v) is 11.6. The van der Waals surface area contributed by atoms with E-state index in [1.807, 2.05) is 0 Å². The van der Waals surface area contributed by atoms with E-state index in [9.17, 15) is 0 Å². The lowest BCUT2D eigenvalue weighted by atomic mass is 10.1. The molecule has 1 saturated heterocycles. The van der Waals surface area contributed by atoms with Crippen LogP contribution in [0.4, 0.5) is 0 Å². The summed E-state index contributed by atoms with van der Waals surface area (Å²) in [5.74, 6) is 0. The molecule has 2 rings (SSSR count). The second-order valence-corrected chi connectivity index (χ2v) is 5.04. The number of hydrogen-bond donors (Lipinski definition) is 4. The first-order valence-corrected chi connectivity index (χ1v) is 7.34. The SMILES string of the molecule is c1ccc(CC2CNCCNCCNCCN2)cc1. The summed E-state index contributed by atoms with van der Waals surface area (Å²) in [6.45, 7) is 7.26. The van der Waals surface area contributed by atoms with Crippen LogP contribution in [0.15, 0.2) is 30.3 Å². The highest BCUT2D eigenvalue weighted by atomic mass is 15.0. The van der Waals surface area contributed by atoms with Crippen molar-refractivity contribution in [3.8, 4) is 0 Å². The van der Waals surface area contributed by atoms with Crippen molar-refractivity contribution in [1.82, 2.24) is 21.3 Å². The Kier molecular flexibility index (Phi) is 6.89. The normalized spacial score (nSPS) is 23.3. The van der Waals surface area contributed by atoms with E-state index in [1.165, 1.54) is 5.56 Å². The molecule has 1 fully saturated rings. The summed E-state index contributed by atoms with van der Waals surface area (Å²) in [6.07, 6.45) is 1.08. The standard InChI is InChI=1S/C15H26N4/c1-2-4-14(5-3-1)12-15-13-18-9-8-16-6-7-17-10-11-19-15/h1-5,15-19H,6-13H2. The van der Waals surface area contributed by atoms with Crippen LogP contribution in [0.2, 0.25) is 0 Å². The molecule has 1 aliphatic heterocycles. The molecule has 0 amide bonds. The Balaban J connectivity index is 1.81. The van der Waals surface area contributed by atoms with Crippen molar-refractivity contribution in [3.05, 3.63) is 35.9 Å². The Labute approximate surface area is 116 Å². The van der Waals surface area contributed by atoms with E-state index in [-0.39, 0.29) is 0 Å². The average molecular weight is 262 g/mol. The summed E-state index contributed by atoms with van der Waals surface area (Å²) in [7, 11) is 0. The van der Waals surface area contributed by atoms with Gasteiger partial charge >= 0.3 is 0 Å². The molecule has 1 aromatic carbocycles. The fraction of sp³-hybridized carbons (Fsp3) is 0.600. The zero-order valence-electron chi connectivity index (χ0n) is 11.6. The maximum absolute atomic E-state index is 3.64. The molecular weight excluding hydrogens is 236 g/mol. The largest absolute Gasteiger partial charge is 0.314 e. The van der Waals surface area contributed by atoms with Crippen LogP contribution in [-0.4, -0.2) is 51.9 Å². The van der Waals surface area contributed by atoms with Gasteiger partial charge in [0.05, 0.1) is 0 Å². The molecule has 1 unspecified atom stereocenters. The van der Waals surface area contributed by atoms with Gasteiger partial charge in [0.1, 0.15) is 0 Å². The second-order valence-electron chi connectivity index (χ2n) is 5.04. The van der Waals surface area contributed by atoms with Crippen molar-refractivity contribution in [3.63, 3.8) is 0 Å². The van der Waals surface area contributed by atoms with Gasteiger partial charge in [-0.1, -0.05) is 30.3 Å². The Bertz CT molecular complexity index is 316. The first-order valence-electron chi connectivity index (χ1n) is 7.34. The molecule has 1 aliphatic rings. The highest BCUT2D eigenvalue weighted by molar-refractivity contribution is 5.16. The van der Waals surface area contributed by atoms with E-state index in [0.29, 0.717) is 6.04 Å². The molecule has 106 valence electrons. The lowest BCUT2D eigenvalue weighted by molar-refractivity contribution is 0.450. The van der Waals surface area contributed by atoms with Gasteiger partial charge in [-0.25, -0.2) is 0 Å². The molecule has 0 radical (unpaired) electrons. The number of hydrogen-bond acceptors (Lipinski definition) is 4. The van der Waals surface area contributed by atoms with Gasteiger partial charge in [0.15, 0.2) is 0 Å². The van der Waals surface area contributed by atoms with Gasteiger partial charge in [-0.2, -0.15) is 0 Å². The molecule has 1 heterocycles. The molecule has 19 heavy (non-hydrogen) atoms. The summed E-state index contributed by atoms with van der Waals surface area (Å²) < 4.78 is 0. The van der Waals surface area contributed by atoms with Crippen molar-refractivity contribution >= 4 is 0 Å². The second kappa shape index (κ2) is 9.04. The highest BCUT2D eigenvalue weighted by Crippen LogP contribution is 2.02. The Morgan fingerprint density at radius 2 is 1.42 bits per heavy atom. The van der Waals surface area contributed by atoms with Gasteiger partial charge in [-0.05, 0) is 12.0 Å². The lowest BCUT2D eigenvalue weighted by Crippen LogP contribution is -2.46. The van der Waals surface area contributed by atoms with Crippen LogP contribution in [0.25, 0.3) is 0 Å². The molecule has 0 bridgehead atoms. The van der Waals surface area contributed by atoms with Gasteiger partial charge in [0.25, 0.3) is 0 Å². The van der Waals surface area contributed by atoms with Crippen molar-refractivity contribution in [1.29, 1.82) is 0 Å². The van der Waals surface area contributed by atoms with Crippen LogP contribution in [0.3, 0.4) is 0 Å². The van der Waals surface area contributed by atoms with E-state index in [1.54, 1.807) is 0 Å². The molecule has 4 nitrogen and oxygen atoms in total. The zero-order chi connectivity index (χ0) is 13.2. The first-order chi connectivity index (χ1) is 9.45. The van der Waals surface area contributed by atoms with Gasteiger partial charge in [0.2, 0.25) is 0 Å². The molecule has 0 spiro atoms. The van der Waals surface area contributed by atoms with E-state index < -0.39 is 0 Å². The minimum Gasteiger partial charge on any atom is -0.314 e. The maximum atomic E-state index is 3.64. The molecule has 4 heteroatoms. The average Bonchev–Trinajstić information content (AvgIpc) is 2.43. The number of nitrogens with one attached hydrogen (secondary N) is 4. The molecular formula is C15H26N4. The van der Waals surface area contributed by atoms with Gasteiger partial charge in [-0.15, -0.1) is 0 Å². The lowest BCUT2D eigenvalue weighted by Gasteiger charge is -2.21. The van der Waals surface area contributed by atoms with Crippen LogP contribution >= 0.6 is 0 Å². The van der Waals surface area contributed by atoms with Gasteiger partial charge in [-0.3, -0.25) is 0 Å². The topological polar surface area (TPSA) is 48.1 Å². The summed E-state index contributed by atoms with van der Waals surface area (Å²) >= 11 is 0. The number of rotatable bonds is 2.